The minimum Gasteiger partial charge on any atom is -0.507 e. The number of amides is 1. The molecule has 2 rings (SSSR count). The van der Waals surface area contributed by atoms with E-state index in [4.69, 9.17) is 0 Å². The average molecular weight is 497 g/mol. The van der Waals surface area contributed by atoms with Gasteiger partial charge >= 0.3 is 0 Å². The molecule has 98 valence electrons. The van der Waals surface area contributed by atoms with Gasteiger partial charge in [0.05, 0.1) is 5.56 Å². The maximum atomic E-state index is 12.1. The predicted molar refractivity (Wildman–Crippen MR) is 90.6 cm³/mol. The number of nitrogens with one attached hydrogen (secondary N) is 1. The molecule has 0 saturated carbocycles. The molecule has 6 heteroatoms. The molecule has 0 bridgehead atoms. The third-order valence-corrected chi connectivity index (χ3v) is 5.20. The van der Waals surface area contributed by atoms with Crippen LogP contribution in [-0.4, -0.2) is 11.0 Å². The Labute approximate surface area is 140 Å². The monoisotopic (exact) mass is 495 g/mol. The fraction of sp³-hybridized carbons (Fsp3) is 0. The van der Waals surface area contributed by atoms with Crippen molar-refractivity contribution in [2.24, 2.45) is 0 Å². The summed E-state index contributed by atoms with van der Waals surface area (Å²) in [5.74, 6) is -0.399. The molecule has 2 aromatic carbocycles. The number of halogens is 3. The van der Waals surface area contributed by atoms with Gasteiger partial charge in [0.1, 0.15) is 5.75 Å². The molecule has 0 aliphatic rings. The molecule has 0 radical (unpaired) electrons. The zero-order valence-electron chi connectivity index (χ0n) is 9.45. The van der Waals surface area contributed by atoms with E-state index in [2.05, 4.69) is 59.8 Å². The highest BCUT2D eigenvalue weighted by molar-refractivity contribution is 14.1. The Morgan fingerprint density at radius 1 is 1.16 bits per heavy atom. The first-order valence-electron chi connectivity index (χ1n) is 5.22. The maximum absolute atomic E-state index is 12.1. The van der Waals surface area contributed by atoms with Gasteiger partial charge < -0.3 is 10.4 Å². The second kappa shape index (κ2) is 6.23. The van der Waals surface area contributed by atoms with Crippen LogP contribution in [-0.2, 0) is 0 Å². The first kappa shape index (κ1) is 14.8. The number of aromatic hydroxyl groups is 1. The fourth-order valence-electron chi connectivity index (χ4n) is 1.46. The summed E-state index contributed by atoms with van der Waals surface area (Å²) in [5.41, 5.74) is 0.907. The highest BCUT2D eigenvalue weighted by Crippen LogP contribution is 2.25. The molecule has 0 fully saturated rings. The molecule has 0 spiro atoms. The van der Waals surface area contributed by atoms with Crippen molar-refractivity contribution < 1.29 is 9.90 Å². The molecule has 0 heterocycles. The molecule has 2 aromatic rings. The molecule has 0 aliphatic carbocycles. The standard InChI is InChI=1S/C13H8Br2INO2/c14-7-1-4-12(18)9(5-7)13(19)17-8-2-3-10(15)11(16)6-8/h1-6,18H,(H,17,19). The Hall–Kier alpha value is -0.600. The van der Waals surface area contributed by atoms with Crippen molar-refractivity contribution in [3.8, 4) is 5.75 Å². The van der Waals surface area contributed by atoms with E-state index in [-0.39, 0.29) is 17.2 Å². The second-order valence-corrected chi connectivity index (χ2v) is 6.68. The minimum absolute atomic E-state index is 0.0486. The second-order valence-electron chi connectivity index (χ2n) is 3.74. The third-order valence-electron chi connectivity index (χ3n) is 2.38. The molecule has 3 nitrogen and oxygen atoms in total. The summed E-state index contributed by atoms with van der Waals surface area (Å²) >= 11 is 8.84. The quantitative estimate of drug-likeness (QED) is 0.588. The minimum atomic E-state index is -0.350. The van der Waals surface area contributed by atoms with Gasteiger partial charge in [0, 0.05) is 18.2 Å². The topological polar surface area (TPSA) is 49.3 Å². The molecule has 0 atom stereocenters. The summed E-state index contributed by atoms with van der Waals surface area (Å²) in [6.45, 7) is 0. The normalized spacial score (nSPS) is 10.3. The predicted octanol–water partition coefficient (Wildman–Crippen LogP) is 4.77. The van der Waals surface area contributed by atoms with Crippen molar-refractivity contribution in [3.05, 3.63) is 54.5 Å². The van der Waals surface area contributed by atoms with E-state index in [1.54, 1.807) is 18.2 Å². The molecule has 0 unspecified atom stereocenters. The number of rotatable bonds is 2. The highest BCUT2D eigenvalue weighted by Gasteiger charge is 2.12. The van der Waals surface area contributed by atoms with E-state index >= 15 is 0 Å². The molecule has 1 amide bonds. The number of phenolic OH excluding ortho intramolecular Hbond substituents is 1. The van der Waals surface area contributed by atoms with E-state index < -0.39 is 0 Å². The van der Waals surface area contributed by atoms with Crippen LogP contribution < -0.4 is 5.32 Å². The van der Waals surface area contributed by atoms with Gasteiger partial charge in [-0.25, -0.2) is 0 Å². The number of hydrogen-bond acceptors (Lipinski definition) is 2. The van der Waals surface area contributed by atoms with Crippen molar-refractivity contribution in [2.75, 3.05) is 5.32 Å². The van der Waals surface area contributed by atoms with Crippen LogP contribution in [0.15, 0.2) is 45.3 Å². The van der Waals surface area contributed by atoms with Crippen LogP contribution in [0.3, 0.4) is 0 Å². The Kier molecular flexibility index (Phi) is 4.86. The molecule has 19 heavy (non-hydrogen) atoms. The molecule has 2 N–H and O–H groups in total. The smallest absolute Gasteiger partial charge is 0.259 e. The van der Waals surface area contributed by atoms with Crippen LogP contribution in [0, 0.1) is 3.57 Å². The van der Waals surface area contributed by atoms with Crippen LogP contribution in [0.4, 0.5) is 5.69 Å². The molecule has 0 aliphatic heterocycles. The fourth-order valence-corrected chi connectivity index (χ4v) is 2.59. The van der Waals surface area contributed by atoms with Crippen LogP contribution in [0.1, 0.15) is 10.4 Å². The van der Waals surface area contributed by atoms with Gasteiger partial charge in [-0.3, -0.25) is 4.79 Å². The van der Waals surface area contributed by atoms with Crippen molar-refractivity contribution in [1.82, 2.24) is 0 Å². The number of carbonyl (C=O) groups is 1. The zero-order chi connectivity index (χ0) is 14.0. The largest absolute Gasteiger partial charge is 0.507 e. The summed E-state index contributed by atoms with van der Waals surface area (Å²) in [6.07, 6.45) is 0. The van der Waals surface area contributed by atoms with Crippen molar-refractivity contribution in [3.63, 3.8) is 0 Å². The lowest BCUT2D eigenvalue weighted by atomic mass is 10.2. The summed E-state index contributed by atoms with van der Waals surface area (Å²) in [5, 5.41) is 12.4. The number of hydrogen-bond donors (Lipinski definition) is 2. The Balaban J connectivity index is 2.25. The molecular weight excluding hydrogens is 489 g/mol. The number of carbonyl (C=O) groups excluding carboxylic acids is 1. The van der Waals surface area contributed by atoms with Gasteiger partial charge in [-0.05, 0) is 74.9 Å². The van der Waals surface area contributed by atoms with Gasteiger partial charge in [-0.2, -0.15) is 0 Å². The summed E-state index contributed by atoms with van der Waals surface area (Å²) < 4.78 is 2.70. The lowest BCUT2D eigenvalue weighted by Gasteiger charge is -2.08. The summed E-state index contributed by atoms with van der Waals surface area (Å²) in [4.78, 5) is 12.1. The average Bonchev–Trinajstić information content (AvgIpc) is 2.36. The van der Waals surface area contributed by atoms with Gasteiger partial charge in [0.25, 0.3) is 5.91 Å². The Morgan fingerprint density at radius 3 is 2.58 bits per heavy atom. The van der Waals surface area contributed by atoms with Gasteiger partial charge in [-0.15, -0.1) is 0 Å². The van der Waals surface area contributed by atoms with Gasteiger partial charge in [-0.1, -0.05) is 15.9 Å². The van der Waals surface area contributed by atoms with E-state index in [0.29, 0.717) is 5.69 Å². The lowest BCUT2D eigenvalue weighted by molar-refractivity contribution is 0.102. The van der Waals surface area contributed by atoms with E-state index in [1.165, 1.54) is 6.07 Å². The number of phenols is 1. The zero-order valence-corrected chi connectivity index (χ0v) is 14.8. The van der Waals surface area contributed by atoms with E-state index in [1.807, 2.05) is 12.1 Å². The van der Waals surface area contributed by atoms with Gasteiger partial charge in [0.2, 0.25) is 0 Å². The van der Waals surface area contributed by atoms with Crippen molar-refractivity contribution in [1.29, 1.82) is 0 Å². The van der Waals surface area contributed by atoms with Crippen LogP contribution >= 0.6 is 54.5 Å². The highest BCUT2D eigenvalue weighted by atomic mass is 127. The van der Waals surface area contributed by atoms with E-state index in [0.717, 1.165) is 12.5 Å². The molecule has 0 saturated heterocycles. The van der Waals surface area contributed by atoms with Gasteiger partial charge in [0.15, 0.2) is 0 Å². The Bertz CT molecular complexity index is 647. The van der Waals surface area contributed by atoms with Crippen molar-refractivity contribution in [2.45, 2.75) is 0 Å². The first-order valence-corrected chi connectivity index (χ1v) is 7.89. The maximum Gasteiger partial charge on any atom is 0.259 e. The van der Waals surface area contributed by atoms with Crippen LogP contribution in [0.2, 0.25) is 0 Å². The summed E-state index contributed by atoms with van der Waals surface area (Å²) in [7, 11) is 0. The molecular formula is C13H8Br2INO2. The number of anilines is 1. The first-order chi connectivity index (χ1) is 8.97. The number of benzene rings is 2. The lowest BCUT2D eigenvalue weighted by Crippen LogP contribution is -2.12. The van der Waals surface area contributed by atoms with E-state index in [9.17, 15) is 9.90 Å². The van der Waals surface area contributed by atoms with Crippen molar-refractivity contribution >= 4 is 66.0 Å². The van der Waals surface area contributed by atoms with Crippen LogP contribution in [0.5, 0.6) is 5.75 Å². The summed E-state index contributed by atoms with van der Waals surface area (Å²) in [6, 6.07) is 10.2. The molecule has 0 aromatic heterocycles. The SMILES string of the molecule is O=C(Nc1ccc(Br)c(I)c1)c1cc(Br)ccc1O. The van der Waals surface area contributed by atoms with Crippen LogP contribution in [0.25, 0.3) is 0 Å². The third kappa shape index (κ3) is 3.70. The Morgan fingerprint density at radius 2 is 1.89 bits per heavy atom.